The molecule has 0 bridgehead atoms. The van der Waals surface area contributed by atoms with Crippen molar-refractivity contribution in [3.05, 3.63) is 35.4 Å². The van der Waals surface area contributed by atoms with Crippen LogP contribution < -0.4 is 5.32 Å². The molecule has 1 amide bonds. The van der Waals surface area contributed by atoms with E-state index in [1.54, 1.807) is 0 Å². The fourth-order valence-electron chi connectivity index (χ4n) is 2.33. The van der Waals surface area contributed by atoms with Crippen LogP contribution in [0.1, 0.15) is 30.4 Å². The largest absolute Gasteiger partial charge is 0.467 e. The molecule has 1 N–H and O–H groups in total. The highest BCUT2D eigenvalue weighted by Gasteiger charge is 2.32. The molecule has 0 aliphatic heterocycles. The van der Waals surface area contributed by atoms with Gasteiger partial charge in [-0.15, -0.1) is 0 Å². The number of methoxy groups -OCH3 is 1. The minimum absolute atomic E-state index is 0.220. The zero-order valence-electron chi connectivity index (χ0n) is 12.7. The smallest absolute Gasteiger partial charge is 0.416 e. The number of carbonyl (C=O) groups is 2. The van der Waals surface area contributed by atoms with Gasteiger partial charge in [-0.05, 0) is 24.0 Å². The van der Waals surface area contributed by atoms with Gasteiger partial charge >= 0.3 is 12.1 Å². The molecule has 1 saturated carbocycles. The molecule has 0 radical (unpaired) electrons. The van der Waals surface area contributed by atoms with E-state index in [9.17, 15) is 22.8 Å². The first-order valence-electron chi connectivity index (χ1n) is 7.33. The van der Waals surface area contributed by atoms with Gasteiger partial charge in [0.15, 0.2) is 0 Å². The Morgan fingerprint density at radius 3 is 2.61 bits per heavy atom. The molecule has 4 nitrogen and oxygen atoms in total. The zero-order valence-corrected chi connectivity index (χ0v) is 12.7. The van der Waals surface area contributed by atoms with E-state index in [4.69, 9.17) is 0 Å². The van der Waals surface area contributed by atoms with E-state index in [1.165, 1.54) is 19.2 Å². The van der Waals surface area contributed by atoms with Gasteiger partial charge in [-0.2, -0.15) is 13.2 Å². The van der Waals surface area contributed by atoms with E-state index in [1.807, 2.05) is 0 Å². The van der Waals surface area contributed by atoms with Crippen molar-refractivity contribution >= 4 is 11.9 Å². The van der Waals surface area contributed by atoms with Crippen LogP contribution in [0.5, 0.6) is 0 Å². The third kappa shape index (κ3) is 5.26. The lowest BCUT2D eigenvalue weighted by atomic mass is 10.1. The number of nitrogens with one attached hydrogen (secondary N) is 1. The van der Waals surface area contributed by atoms with Gasteiger partial charge in [0.05, 0.1) is 19.1 Å². The van der Waals surface area contributed by atoms with Crippen molar-refractivity contribution < 1.29 is 27.5 Å². The van der Waals surface area contributed by atoms with E-state index in [2.05, 4.69) is 10.1 Å². The Morgan fingerprint density at radius 2 is 2.04 bits per heavy atom. The average molecular weight is 329 g/mol. The molecular weight excluding hydrogens is 311 g/mol. The number of esters is 1. The molecule has 2 rings (SSSR count). The lowest BCUT2D eigenvalue weighted by Crippen LogP contribution is -2.42. The Labute approximate surface area is 132 Å². The van der Waals surface area contributed by atoms with Crippen molar-refractivity contribution in [2.24, 2.45) is 5.92 Å². The van der Waals surface area contributed by atoms with Crippen LogP contribution in [0.3, 0.4) is 0 Å². The normalized spacial score (nSPS) is 15.8. The lowest BCUT2D eigenvalue weighted by molar-refractivity contribution is -0.145. The van der Waals surface area contributed by atoms with Crippen LogP contribution >= 0.6 is 0 Å². The van der Waals surface area contributed by atoms with Crippen molar-refractivity contribution in [2.45, 2.75) is 37.9 Å². The minimum Gasteiger partial charge on any atom is -0.467 e. The van der Waals surface area contributed by atoms with E-state index in [0.29, 0.717) is 12.3 Å². The van der Waals surface area contributed by atoms with E-state index >= 15 is 0 Å². The number of hydrogen-bond donors (Lipinski definition) is 1. The molecule has 0 spiro atoms. The fraction of sp³-hybridized carbons (Fsp3) is 0.500. The van der Waals surface area contributed by atoms with Crippen molar-refractivity contribution in [1.82, 2.24) is 5.32 Å². The maximum absolute atomic E-state index is 12.7. The van der Waals surface area contributed by atoms with Crippen molar-refractivity contribution in [3.63, 3.8) is 0 Å². The van der Waals surface area contributed by atoms with Gasteiger partial charge in [0.1, 0.15) is 6.04 Å². The standard InChI is InChI=1S/C16H18F3NO3/c1-23-15(22)13(8-10-5-6-10)20-14(21)9-11-3-2-4-12(7-11)16(17,18)19/h2-4,7,10,13H,5-6,8-9H2,1H3,(H,20,21)/t13-/m1/s1. The first kappa shape index (κ1) is 17.3. The number of amides is 1. The highest BCUT2D eigenvalue weighted by Crippen LogP contribution is 2.33. The quantitative estimate of drug-likeness (QED) is 0.817. The van der Waals surface area contributed by atoms with Crippen molar-refractivity contribution in [2.75, 3.05) is 7.11 Å². The number of benzene rings is 1. The van der Waals surface area contributed by atoms with Gasteiger partial charge in [-0.25, -0.2) is 4.79 Å². The van der Waals surface area contributed by atoms with Crippen molar-refractivity contribution in [3.8, 4) is 0 Å². The predicted molar refractivity (Wildman–Crippen MR) is 76.4 cm³/mol. The summed E-state index contributed by atoms with van der Waals surface area (Å²) in [7, 11) is 1.24. The summed E-state index contributed by atoms with van der Waals surface area (Å²) in [5, 5.41) is 2.55. The summed E-state index contributed by atoms with van der Waals surface area (Å²) in [4.78, 5) is 23.7. The SMILES string of the molecule is COC(=O)[C@@H](CC1CC1)NC(=O)Cc1cccc(C(F)(F)F)c1. The second kappa shape index (κ2) is 7.02. The van der Waals surface area contributed by atoms with E-state index < -0.39 is 29.7 Å². The molecule has 126 valence electrons. The molecule has 0 unspecified atom stereocenters. The number of alkyl halides is 3. The molecule has 7 heteroatoms. The Balaban J connectivity index is 1.98. The Hall–Kier alpha value is -2.05. The number of ether oxygens (including phenoxy) is 1. The highest BCUT2D eigenvalue weighted by atomic mass is 19.4. The number of halogens is 3. The monoisotopic (exact) mass is 329 g/mol. The van der Waals surface area contributed by atoms with Gasteiger partial charge in [-0.3, -0.25) is 4.79 Å². The molecule has 0 saturated heterocycles. The molecule has 0 heterocycles. The van der Waals surface area contributed by atoms with Gasteiger partial charge < -0.3 is 10.1 Å². The molecule has 0 aromatic heterocycles. The number of carbonyl (C=O) groups excluding carboxylic acids is 2. The first-order valence-corrected chi connectivity index (χ1v) is 7.33. The second-order valence-corrected chi connectivity index (χ2v) is 5.70. The summed E-state index contributed by atoms with van der Waals surface area (Å²) >= 11 is 0. The summed E-state index contributed by atoms with van der Waals surface area (Å²) < 4.78 is 42.6. The summed E-state index contributed by atoms with van der Waals surface area (Å²) in [5.41, 5.74) is -0.558. The third-order valence-electron chi connectivity index (χ3n) is 3.71. The Bertz CT molecular complexity index is 582. The maximum Gasteiger partial charge on any atom is 0.416 e. The Kier molecular flexibility index (Phi) is 5.28. The fourth-order valence-corrected chi connectivity index (χ4v) is 2.33. The molecule has 1 aliphatic carbocycles. The van der Waals surface area contributed by atoms with Crippen LogP contribution in [0, 0.1) is 5.92 Å². The second-order valence-electron chi connectivity index (χ2n) is 5.70. The van der Waals surface area contributed by atoms with Crippen molar-refractivity contribution in [1.29, 1.82) is 0 Å². The van der Waals surface area contributed by atoms with Crippen LogP contribution in [-0.2, 0) is 26.9 Å². The molecular formula is C16H18F3NO3. The molecule has 23 heavy (non-hydrogen) atoms. The van der Waals surface area contributed by atoms with E-state index in [0.717, 1.165) is 25.0 Å². The van der Waals surface area contributed by atoms with Crippen LogP contribution in [0.15, 0.2) is 24.3 Å². The van der Waals surface area contributed by atoms with Gasteiger partial charge in [0.25, 0.3) is 0 Å². The first-order chi connectivity index (χ1) is 10.8. The summed E-state index contributed by atoms with van der Waals surface area (Å²) in [5.74, 6) is -0.636. The van der Waals surface area contributed by atoms with Crippen LogP contribution in [0.2, 0.25) is 0 Å². The van der Waals surface area contributed by atoms with Crippen LogP contribution in [0.25, 0.3) is 0 Å². The molecule has 1 atom stereocenters. The number of hydrogen-bond acceptors (Lipinski definition) is 3. The third-order valence-corrected chi connectivity index (χ3v) is 3.71. The topological polar surface area (TPSA) is 55.4 Å². The average Bonchev–Trinajstić information content (AvgIpc) is 3.29. The maximum atomic E-state index is 12.7. The number of rotatable bonds is 6. The minimum atomic E-state index is -4.45. The summed E-state index contributed by atoms with van der Waals surface area (Å²) in [6.07, 6.45) is -2.15. The van der Waals surface area contributed by atoms with Crippen LogP contribution in [0.4, 0.5) is 13.2 Å². The van der Waals surface area contributed by atoms with Gasteiger partial charge in [-0.1, -0.05) is 31.0 Å². The van der Waals surface area contributed by atoms with Crippen LogP contribution in [-0.4, -0.2) is 25.0 Å². The molecule has 1 aromatic rings. The molecule has 1 aromatic carbocycles. The van der Waals surface area contributed by atoms with E-state index in [-0.39, 0.29) is 12.0 Å². The van der Waals surface area contributed by atoms with Gasteiger partial charge in [0, 0.05) is 0 Å². The van der Waals surface area contributed by atoms with Gasteiger partial charge in [0.2, 0.25) is 5.91 Å². The summed E-state index contributed by atoms with van der Waals surface area (Å²) in [6, 6.07) is 3.85. The highest BCUT2D eigenvalue weighted by molar-refractivity contribution is 5.85. The molecule has 1 aliphatic rings. The predicted octanol–water partition coefficient (Wildman–Crippen LogP) is 2.71. The summed E-state index contributed by atoms with van der Waals surface area (Å²) in [6.45, 7) is 0. The zero-order chi connectivity index (χ0) is 17.0. The lowest BCUT2D eigenvalue weighted by Gasteiger charge is -2.16. The Morgan fingerprint density at radius 1 is 1.35 bits per heavy atom. The molecule has 1 fully saturated rings.